The number of thioether (sulfide) groups is 1. The summed E-state index contributed by atoms with van der Waals surface area (Å²) in [4.78, 5) is 0. The Bertz CT molecular complexity index is 484. The largest absolute Gasteiger partial charge is 0.381 e. The van der Waals surface area contributed by atoms with Gasteiger partial charge in [0.15, 0.2) is 0 Å². The topological polar surface area (TPSA) is 84.2 Å². The van der Waals surface area contributed by atoms with Crippen molar-refractivity contribution in [1.82, 2.24) is 0 Å². The molecule has 1 heterocycles. The first kappa shape index (κ1) is 12.5. The molecule has 1 aliphatic rings. The molecule has 0 aliphatic carbocycles. The van der Waals surface area contributed by atoms with Crippen molar-refractivity contribution in [3.8, 4) is 0 Å². The average molecular weight is 273 g/mol. The lowest BCUT2D eigenvalue weighted by atomic mass is 10.2. The molecule has 1 saturated heterocycles. The zero-order chi connectivity index (χ0) is 12.3. The van der Waals surface area contributed by atoms with E-state index in [0.29, 0.717) is 11.7 Å². The Morgan fingerprint density at radius 1 is 1.35 bits per heavy atom. The van der Waals surface area contributed by atoms with Crippen LogP contribution in [0.1, 0.15) is 6.42 Å². The molecule has 1 unspecified atom stereocenters. The quantitative estimate of drug-likeness (QED) is 0.770. The molecule has 5 nitrogen and oxygen atoms in total. The number of hydrogen-bond acceptors (Lipinski definition) is 4. The van der Waals surface area contributed by atoms with Gasteiger partial charge in [0.1, 0.15) is 0 Å². The molecule has 0 spiro atoms. The maximum absolute atomic E-state index is 10.9. The van der Waals surface area contributed by atoms with Gasteiger partial charge in [-0.2, -0.15) is 20.2 Å². The van der Waals surface area contributed by atoms with Gasteiger partial charge in [-0.1, -0.05) is 6.07 Å². The highest BCUT2D eigenvalue weighted by molar-refractivity contribution is 7.99. The zero-order valence-electron chi connectivity index (χ0n) is 9.22. The van der Waals surface area contributed by atoms with Gasteiger partial charge in [0, 0.05) is 17.5 Å². The molecular weight excluding hydrogens is 258 g/mol. The summed E-state index contributed by atoms with van der Waals surface area (Å²) < 4.78 is 24.1. The van der Waals surface area contributed by atoms with Crippen LogP contribution in [0.25, 0.3) is 0 Å². The van der Waals surface area contributed by atoms with E-state index in [-0.39, 0.29) is 0 Å². The second-order valence-corrected chi connectivity index (χ2v) is 6.38. The van der Waals surface area contributed by atoms with Gasteiger partial charge in [-0.05, 0) is 30.4 Å². The molecule has 0 amide bonds. The van der Waals surface area contributed by atoms with Crippen molar-refractivity contribution < 1.29 is 8.42 Å². The van der Waals surface area contributed by atoms with Crippen molar-refractivity contribution in [2.45, 2.75) is 12.5 Å². The fourth-order valence-electron chi connectivity index (χ4n) is 1.72. The second-order valence-electron chi connectivity index (χ2n) is 3.93. The molecule has 94 valence electrons. The van der Waals surface area contributed by atoms with Gasteiger partial charge in [-0.15, -0.1) is 0 Å². The first-order chi connectivity index (χ1) is 8.03. The van der Waals surface area contributed by atoms with Crippen molar-refractivity contribution in [3.63, 3.8) is 0 Å². The third-order valence-electron chi connectivity index (χ3n) is 2.42. The van der Waals surface area contributed by atoms with E-state index in [9.17, 15) is 8.42 Å². The van der Waals surface area contributed by atoms with Gasteiger partial charge >= 0.3 is 0 Å². The summed E-state index contributed by atoms with van der Waals surface area (Å²) >= 11 is 1.92. The lowest BCUT2D eigenvalue weighted by Crippen LogP contribution is -2.22. The average Bonchev–Trinajstić information content (AvgIpc) is 2.68. The lowest BCUT2D eigenvalue weighted by molar-refractivity contribution is 0.603. The molecule has 1 aromatic rings. The summed E-state index contributed by atoms with van der Waals surface area (Å²) in [5.41, 5.74) is 1.38. The van der Waals surface area contributed by atoms with Crippen molar-refractivity contribution in [3.05, 3.63) is 24.3 Å². The minimum Gasteiger partial charge on any atom is -0.381 e. The smallest absolute Gasteiger partial charge is 0.296 e. The summed E-state index contributed by atoms with van der Waals surface area (Å²) in [6.45, 7) is 0. The molecule has 1 aromatic carbocycles. The Hall–Kier alpha value is -0.920. The summed E-state index contributed by atoms with van der Waals surface area (Å²) in [5.74, 6) is 2.26. The highest BCUT2D eigenvalue weighted by Gasteiger charge is 2.15. The van der Waals surface area contributed by atoms with Crippen LogP contribution < -0.4 is 15.2 Å². The SMILES string of the molecule is NS(=O)(=O)Nc1cccc(NC2CCSC2)c1. The van der Waals surface area contributed by atoms with Gasteiger partial charge in [-0.25, -0.2) is 5.14 Å². The maximum atomic E-state index is 10.9. The number of benzene rings is 1. The number of rotatable bonds is 4. The molecule has 0 radical (unpaired) electrons. The van der Waals surface area contributed by atoms with Crippen molar-refractivity contribution in [1.29, 1.82) is 0 Å². The molecule has 2 rings (SSSR count). The van der Waals surface area contributed by atoms with Crippen LogP contribution in [0.4, 0.5) is 11.4 Å². The monoisotopic (exact) mass is 273 g/mol. The molecule has 4 N–H and O–H groups in total. The van der Waals surface area contributed by atoms with Crippen molar-refractivity contribution in [2.24, 2.45) is 5.14 Å². The van der Waals surface area contributed by atoms with E-state index in [2.05, 4.69) is 10.0 Å². The van der Waals surface area contributed by atoms with Crippen LogP contribution in [0.5, 0.6) is 0 Å². The molecule has 0 bridgehead atoms. The first-order valence-corrected chi connectivity index (χ1v) is 7.98. The normalized spacial score (nSPS) is 20.2. The highest BCUT2D eigenvalue weighted by Crippen LogP contribution is 2.23. The molecule has 17 heavy (non-hydrogen) atoms. The predicted octanol–water partition coefficient (Wildman–Crippen LogP) is 1.22. The van der Waals surface area contributed by atoms with Crippen LogP contribution in [0, 0.1) is 0 Å². The lowest BCUT2D eigenvalue weighted by Gasteiger charge is -2.13. The first-order valence-electron chi connectivity index (χ1n) is 5.28. The molecular formula is C10H15N3O2S2. The van der Waals surface area contributed by atoms with E-state index in [0.717, 1.165) is 17.9 Å². The van der Waals surface area contributed by atoms with E-state index < -0.39 is 10.2 Å². The highest BCUT2D eigenvalue weighted by atomic mass is 32.2. The summed E-state index contributed by atoms with van der Waals surface area (Å²) in [5, 5.41) is 8.29. The van der Waals surface area contributed by atoms with Crippen LogP contribution in [0.2, 0.25) is 0 Å². The Morgan fingerprint density at radius 2 is 2.12 bits per heavy atom. The summed E-state index contributed by atoms with van der Waals surface area (Å²) in [6.07, 6.45) is 1.14. The Kier molecular flexibility index (Phi) is 3.80. The van der Waals surface area contributed by atoms with Gasteiger partial charge in [0.2, 0.25) is 0 Å². The standard InChI is InChI=1S/C10H15N3O2S2/c11-17(14,15)13-9-3-1-2-8(6-9)12-10-4-5-16-7-10/h1-3,6,10,12-13H,4-5,7H2,(H2,11,14,15). The zero-order valence-corrected chi connectivity index (χ0v) is 10.9. The van der Waals surface area contributed by atoms with Gasteiger partial charge < -0.3 is 5.32 Å². The van der Waals surface area contributed by atoms with Crippen molar-refractivity contribution >= 4 is 33.3 Å². The number of hydrogen-bond donors (Lipinski definition) is 3. The molecule has 1 atom stereocenters. The molecule has 0 saturated carbocycles. The Morgan fingerprint density at radius 3 is 2.76 bits per heavy atom. The van der Waals surface area contributed by atoms with E-state index in [1.165, 1.54) is 5.75 Å². The summed E-state index contributed by atoms with van der Waals surface area (Å²) in [6, 6.07) is 7.58. The summed E-state index contributed by atoms with van der Waals surface area (Å²) in [7, 11) is -3.70. The van der Waals surface area contributed by atoms with Gasteiger partial charge in [0.05, 0.1) is 5.69 Å². The molecule has 7 heteroatoms. The molecule has 1 aliphatic heterocycles. The second kappa shape index (κ2) is 5.16. The van der Waals surface area contributed by atoms with Crippen LogP contribution in [-0.2, 0) is 10.2 Å². The predicted molar refractivity (Wildman–Crippen MR) is 72.5 cm³/mol. The third-order valence-corrected chi connectivity index (χ3v) is 4.11. The number of nitrogens with two attached hydrogens (primary N) is 1. The van der Waals surface area contributed by atoms with Crippen LogP contribution in [-0.4, -0.2) is 26.0 Å². The Labute approximate surface area is 105 Å². The maximum Gasteiger partial charge on any atom is 0.296 e. The Balaban J connectivity index is 2.05. The van der Waals surface area contributed by atoms with Gasteiger partial charge in [0.25, 0.3) is 10.2 Å². The van der Waals surface area contributed by atoms with Crippen LogP contribution in [0.15, 0.2) is 24.3 Å². The van der Waals surface area contributed by atoms with Crippen LogP contribution >= 0.6 is 11.8 Å². The molecule has 0 aromatic heterocycles. The van der Waals surface area contributed by atoms with E-state index >= 15 is 0 Å². The van der Waals surface area contributed by atoms with Crippen LogP contribution in [0.3, 0.4) is 0 Å². The van der Waals surface area contributed by atoms with Gasteiger partial charge in [-0.3, -0.25) is 4.72 Å². The fourth-order valence-corrected chi connectivity index (χ4v) is 3.33. The number of anilines is 2. The third kappa shape index (κ3) is 4.10. The molecule has 1 fully saturated rings. The van der Waals surface area contributed by atoms with Crippen molar-refractivity contribution in [2.75, 3.05) is 21.5 Å². The van der Waals surface area contributed by atoms with E-state index in [1.807, 2.05) is 17.8 Å². The van der Waals surface area contributed by atoms with E-state index in [4.69, 9.17) is 5.14 Å². The number of nitrogens with one attached hydrogen (secondary N) is 2. The fraction of sp³-hybridized carbons (Fsp3) is 0.400. The minimum absolute atomic E-state index is 0.463. The minimum atomic E-state index is -3.70. The van der Waals surface area contributed by atoms with E-state index in [1.54, 1.807) is 18.2 Å².